The van der Waals surface area contributed by atoms with Crippen LogP contribution in [0.3, 0.4) is 0 Å². The van der Waals surface area contributed by atoms with Crippen molar-refractivity contribution >= 4 is 23.3 Å². The third kappa shape index (κ3) is 6.80. The topological polar surface area (TPSA) is 104 Å². The molecule has 1 fully saturated rings. The molecule has 0 aliphatic carbocycles. The highest BCUT2D eigenvalue weighted by Crippen LogP contribution is 2.45. The Morgan fingerprint density at radius 2 is 1.65 bits per heavy atom. The van der Waals surface area contributed by atoms with Crippen LogP contribution in [0.25, 0.3) is 11.1 Å². The van der Waals surface area contributed by atoms with Crippen LogP contribution in [0.1, 0.15) is 79.5 Å². The summed E-state index contributed by atoms with van der Waals surface area (Å²) in [6, 6.07) is 17.3. The number of aliphatic imine (C=N–C) groups is 1. The lowest BCUT2D eigenvalue weighted by molar-refractivity contribution is -0.160. The molecule has 1 amide bonds. The second-order valence-electron chi connectivity index (χ2n) is 12.9. The van der Waals surface area contributed by atoms with Crippen molar-refractivity contribution in [2.75, 3.05) is 24.5 Å². The number of anilines is 1. The fourth-order valence-corrected chi connectivity index (χ4v) is 6.02. The van der Waals surface area contributed by atoms with Crippen molar-refractivity contribution in [2.24, 2.45) is 10.4 Å². The minimum atomic E-state index is -1.19. The van der Waals surface area contributed by atoms with E-state index < -0.39 is 17.7 Å². The molecule has 0 spiro atoms. The number of carboxylic acid groups (broad SMARTS) is 1. The molecule has 0 unspecified atom stereocenters. The predicted molar refractivity (Wildman–Crippen MR) is 170 cm³/mol. The van der Waals surface area contributed by atoms with Crippen molar-refractivity contribution in [3.8, 4) is 11.1 Å². The van der Waals surface area contributed by atoms with Crippen molar-refractivity contribution in [1.82, 2.24) is 10.3 Å². The van der Waals surface area contributed by atoms with Crippen molar-refractivity contribution < 1.29 is 19.4 Å². The second kappa shape index (κ2) is 11.9. The minimum Gasteiger partial charge on any atom is -0.479 e. The summed E-state index contributed by atoms with van der Waals surface area (Å²) >= 11 is 0. The number of nitrogens with one attached hydrogen (secondary N) is 1. The first-order chi connectivity index (χ1) is 20.4. The number of hydrogen-bond donors (Lipinski definition) is 2. The average Bonchev–Trinajstić information content (AvgIpc) is 3.82. The van der Waals surface area contributed by atoms with Gasteiger partial charge in [0.1, 0.15) is 0 Å². The van der Waals surface area contributed by atoms with Gasteiger partial charge < -0.3 is 20.1 Å². The maximum absolute atomic E-state index is 12.9. The van der Waals surface area contributed by atoms with Gasteiger partial charge in [-0.2, -0.15) is 0 Å². The molecule has 8 nitrogen and oxygen atoms in total. The van der Waals surface area contributed by atoms with Gasteiger partial charge in [0.15, 0.2) is 6.10 Å². The largest absolute Gasteiger partial charge is 0.479 e. The molecule has 2 aliphatic heterocycles. The van der Waals surface area contributed by atoms with Crippen LogP contribution in [0.5, 0.6) is 0 Å². The number of amides is 1. The van der Waals surface area contributed by atoms with Crippen molar-refractivity contribution in [1.29, 1.82) is 0 Å². The Bertz CT molecular complexity index is 1530. The summed E-state index contributed by atoms with van der Waals surface area (Å²) in [5.74, 6) is -1.20. The van der Waals surface area contributed by atoms with Crippen LogP contribution in [0.2, 0.25) is 0 Å². The Kier molecular flexibility index (Phi) is 8.43. The standard InChI is InChI=1S/C35H42N4O4/c1-22-28(25-12-14-26(15-13-25)32(40)37-20-24-10-8-7-9-11-24)30(39-18-16-35(6,17-19-39)27-21-36-27)29(23(2)38-22)31(33(41)42)43-34(3,4)5/h7-15,31H,16-21H2,1-6H3,(H,37,40)(H,41,42)/t31-/m0/s1. The molecular formula is C35H42N4O4. The summed E-state index contributed by atoms with van der Waals surface area (Å²) < 4.78 is 6.19. The highest BCUT2D eigenvalue weighted by molar-refractivity contribution is 6.01. The Morgan fingerprint density at radius 3 is 2.21 bits per heavy atom. The first-order valence-corrected chi connectivity index (χ1v) is 15.0. The number of hydrogen-bond acceptors (Lipinski definition) is 6. The van der Waals surface area contributed by atoms with Gasteiger partial charge in [-0.1, -0.05) is 49.4 Å². The maximum Gasteiger partial charge on any atom is 0.337 e. The van der Waals surface area contributed by atoms with E-state index in [1.807, 2.05) is 89.2 Å². The Hall–Kier alpha value is -4.04. The van der Waals surface area contributed by atoms with Crippen LogP contribution in [0.15, 0.2) is 59.6 Å². The molecule has 1 aromatic heterocycles. The summed E-state index contributed by atoms with van der Waals surface area (Å²) in [6.07, 6.45) is 0.679. The van der Waals surface area contributed by atoms with E-state index in [1.54, 1.807) is 0 Å². The van der Waals surface area contributed by atoms with E-state index in [9.17, 15) is 14.7 Å². The number of ether oxygens (including phenoxy) is 1. The Labute approximate surface area is 254 Å². The zero-order valence-electron chi connectivity index (χ0n) is 26.0. The summed E-state index contributed by atoms with van der Waals surface area (Å²) in [4.78, 5) is 37.4. The molecule has 0 saturated carbocycles. The number of pyridine rings is 1. The van der Waals surface area contributed by atoms with Gasteiger partial charge in [-0.15, -0.1) is 0 Å². The van der Waals surface area contributed by atoms with E-state index in [4.69, 9.17) is 9.72 Å². The van der Waals surface area contributed by atoms with E-state index in [2.05, 4.69) is 22.1 Å². The fraction of sp³-hybridized carbons (Fsp3) is 0.429. The highest BCUT2D eigenvalue weighted by Gasteiger charge is 2.41. The van der Waals surface area contributed by atoms with E-state index in [0.29, 0.717) is 23.4 Å². The van der Waals surface area contributed by atoms with E-state index >= 15 is 0 Å². The lowest BCUT2D eigenvalue weighted by atomic mass is 9.77. The molecule has 2 aromatic carbocycles. The van der Waals surface area contributed by atoms with Gasteiger partial charge in [0.25, 0.3) is 5.91 Å². The lowest BCUT2D eigenvalue weighted by Crippen LogP contribution is -2.42. The summed E-state index contributed by atoms with van der Waals surface area (Å²) in [5.41, 5.74) is 6.89. The molecule has 226 valence electrons. The zero-order valence-corrected chi connectivity index (χ0v) is 26.0. The molecular weight excluding hydrogens is 540 g/mol. The van der Waals surface area contributed by atoms with Gasteiger partial charge in [-0.05, 0) is 70.7 Å². The molecule has 43 heavy (non-hydrogen) atoms. The van der Waals surface area contributed by atoms with Crippen LogP contribution in [0, 0.1) is 19.3 Å². The number of carboxylic acids is 1. The maximum atomic E-state index is 12.9. The third-order valence-corrected chi connectivity index (χ3v) is 8.46. The van der Waals surface area contributed by atoms with Crippen LogP contribution >= 0.6 is 0 Å². The SMILES string of the molecule is Cc1nc(C)c([C@H](OC(C)(C)C)C(=O)O)c(N2CCC(C)(C3=NC3)CC2)c1-c1ccc(C(=O)NCc2ccccc2)cc1. The first-order valence-electron chi connectivity index (χ1n) is 15.0. The van der Waals surface area contributed by atoms with Crippen molar-refractivity contribution in [2.45, 2.75) is 72.6 Å². The van der Waals surface area contributed by atoms with E-state index in [0.717, 1.165) is 60.5 Å². The third-order valence-electron chi connectivity index (χ3n) is 8.46. The number of aryl methyl sites for hydroxylation is 2. The quantitative estimate of drug-likeness (QED) is 0.307. The Morgan fingerprint density at radius 1 is 1.02 bits per heavy atom. The second-order valence-corrected chi connectivity index (χ2v) is 12.9. The van der Waals surface area contributed by atoms with Crippen molar-refractivity contribution in [3.63, 3.8) is 0 Å². The zero-order chi connectivity index (χ0) is 30.9. The fourth-order valence-electron chi connectivity index (χ4n) is 6.02. The molecule has 0 radical (unpaired) electrons. The molecule has 3 aromatic rings. The number of piperidine rings is 1. The molecule has 1 saturated heterocycles. The number of aliphatic carboxylic acids is 1. The molecule has 0 bridgehead atoms. The molecule has 3 heterocycles. The average molecular weight is 583 g/mol. The number of benzene rings is 2. The van der Waals surface area contributed by atoms with E-state index in [1.165, 1.54) is 5.71 Å². The monoisotopic (exact) mass is 582 g/mol. The van der Waals surface area contributed by atoms with Gasteiger partial charge in [-0.3, -0.25) is 14.8 Å². The number of rotatable bonds is 9. The number of carbonyl (C=O) groups excluding carboxylic acids is 1. The molecule has 2 aliphatic rings. The summed E-state index contributed by atoms with van der Waals surface area (Å²) in [5, 5.41) is 13.4. The van der Waals surface area contributed by atoms with Gasteiger partial charge >= 0.3 is 5.97 Å². The number of aromatic nitrogens is 1. The highest BCUT2D eigenvalue weighted by atomic mass is 16.5. The Balaban J connectivity index is 1.54. The van der Waals surface area contributed by atoms with Gasteiger partial charge in [0.2, 0.25) is 0 Å². The summed E-state index contributed by atoms with van der Waals surface area (Å²) in [7, 11) is 0. The normalized spacial score (nSPS) is 16.8. The first kappa shape index (κ1) is 30.4. The van der Waals surface area contributed by atoms with Crippen LogP contribution < -0.4 is 10.2 Å². The van der Waals surface area contributed by atoms with Gasteiger partial charge in [-0.25, -0.2) is 4.79 Å². The predicted octanol–water partition coefficient (Wildman–Crippen LogP) is 6.30. The number of nitrogens with zero attached hydrogens (tertiary/aromatic N) is 3. The summed E-state index contributed by atoms with van der Waals surface area (Å²) in [6.45, 7) is 14.5. The molecule has 5 rings (SSSR count). The number of carbonyl (C=O) groups is 2. The van der Waals surface area contributed by atoms with Gasteiger partial charge in [0, 0.05) is 58.8 Å². The van der Waals surface area contributed by atoms with E-state index in [-0.39, 0.29) is 11.3 Å². The molecule has 2 N–H and O–H groups in total. The smallest absolute Gasteiger partial charge is 0.337 e. The molecule has 8 heteroatoms. The van der Waals surface area contributed by atoms with Gasteiger partial charge in [0.05, 0.1) is 17.8 Å². The van der Waals surface area contributed by atoms with Crippen LogP contribution in [-0.2, 0) is 16.1 Å². The minimum absolute atomic E-state index is 0.0802. The molecule has 1 atom stereocenters. The van der Waals surface area contributed by atoms with Crippen LogP contribution in [0.4, 0.5) is 5.69 Å². The van der Waals surface area contributed by atoms with Crippen LogP contribution in [-0.4, -0.2) is 52.9 Å². The lowest BCUT2D eigenvalue weighted by Gasteiger charge is -2.41. The van der Waals surface area contributed by atoms with Crippen molar-refractivity contribution in [3.05, 3.63) is 82.7 Å².